The van der Waals surface area contributed by atoms with E-state index in [-0.39, 0.29) is 5.97 Å². The third-order valence-corrected chi connectivity index (χ3v) is 4.16. The van der Waals surface area contributed by atoms with E-state index in [4.69, 9.17) is 9.47 Å². The van der Waals surface area contributed by atoms with Gasteiger partial charge in [-0.3, -0.25) is 4.79 Å². The van der Waals surface area contributed by atoms with Crippen molar-refractivity contribution >= 4 is 5.97 Å². The standard InChI is InChI=1S/C21H16O3/c1-14-10-12-15(13-11-14)23-21(22)20-16-6-2-4-8-18(16)24-19-9-5-3-7-17(19)20/h2-13,20H,1H3. The molecule has 0 fully saturated rings. The second-order valence-corrected chi connectivity index (χ2v) is 5.84. The van der Waals surface area contributed by atoms with Crippen molar-refractivity contribution in [2.45, 2.75) is 12.8 Å². The molecule has 0 aliphatic carbocycles. The van der Waals surface area contributed by atoms with Gasteiger partial charge in [-0.25, -0.2) is 0 Å². The Hall–Kier alpha value is -3.07. The molecule has 0 atom stereocenters. The first-order valence-electron chi connectivity index (χ1n) is 7.86. The minimum absolute atomic E-state index is 0.304. The van der Waals surface area contributed by atoms with Crippen LogP contribution in [0.15, 0.2) is 72.8 Å². The van der Waals surface area contributed by atoms with Crippen LogP contribution in [0, 0.1) is 6.92 Å². The van der Waals surface area contributed by atoms with Crippen molar-refractivity contribution in [1.82, 2.24) is 0 Å². The van der Waals surface area contributed by atoms with Crippen molar-refractivity contribution in [3.05, 3.63) is 89.5 Å². The molecule has 0 amide bonds. The van der Waals surface area contributed by atoms with E-state index in [0.717, 1.165) is 16.7 Å². The van der Waals surface area contributed by atoms with Gasteiger partial charge in [0.2, 0.25) is 0 Å². The molecular formula is C21H16O3. The molecule has 24 heavy (non-hydrogen) atoms. The quantitative estimate of drug-likeness (QED) is 0.501. The lowest BCUT2D eigenvalue weighted by Gasteiger charge is -2.26. The lowest BCUT2D eigenvalue weighted by molar-refractivity contribution is -0.135. The first-order chi connectivity index (χ1) is 11.7. The van der Waals surface area contributed by atoms with E-state index in [1.165, 1.54) is 0 Å². The average molecular weight is 316 g/mol. The summed E-state index contributed by atoms with van der Waals surface area (Å²) in [7, 11) is 0. The van der Waals surface area contributed by atoms with Crippen molar-refractivity contribution in [2.75, 3.05) is 0 Å². The summed E-state index contributed by atoms with van der Waals surface area (Å²) in [4.78, 5) is 12.9. The highest BCUT2D eigenvalue weighted by molar-refractivity contribution is 5.87. The first kappa shape index (κ1) is 14.5. The molecule has 3 heteroatoms. The maximum absolute atomic E-state index is 12.9. The number of benzene rings is 3. The summed E-state index contributed by atoms with van der Waals surface area (Å²) in [6, 6.07) is 22.6. The smallest absolute Gasteiger partial charge is 0.323 e. The molecule has 4 rings (SSSR count). The normalized spacial score (nSPS) is 12.7. The summed E-state index contributed by atoms with van der Waals surface area (Å²) in [5, 5.41) is 0. The van der Waals surface area contributed by atoms with Crippen LogP contribution in [0.5, 0.6) is 17.2 Å². The molecule has 0 N–H and O–H groups in total. The van der Waals surface area contributed by atoms with E-state index in [2.05, 4.69) is 0 Å². The van der Waals surface area contributed by atoms with Crippen molar-refractivity contribution in [3.8, 4) is 17.2 Å². The Balaban J connectivity index is 1.74. The van der Waals surface area contributed by atoms with Crippen LogP contribution >= 0.6 is 0 Å². The number of ether oxygens (including phenoxy) is 2. The van der Waals surface area contributed by atoms with Crippen molar-refractivity contribution < 1.29 is 14.3 Å². The van der Waals surface area contributed by atoms with Gasteiger partial charge in [0, 0.05) is 11.1 Å². The zero-order valence-electron chi connectivity index (χ0n) is 13.2. The summed E-state index contributed by atoms with van der Waals surface area (Å²) >= 11 is 0. The summed E-state index contributed by atoms with van der Waals surface area (Å²) in [5.41, 5.74) is 2.78. The molecule has 0 saturated carbocycles. The molecule has 1 aliphatic heterocycles. The van der Waals surface area contributed by atoms with Crippen molar-refractivity contribution in [2.24, 2.45) is 0 Å². The highest BCUT2D eigenvalue weighted by Crippen LogP contribution is 2.44. The van der Waals surface area contributed by atoms with Crippen LogP contribution in [0.3, 0.4) is 0 Å². The second-order valence-electron chi connectivity index (χ2n) is 5.84. The number of para-hydroxylation sites is 2. The number of carbonyl (C=O) groups is 1. The van der Waals surface area contributed by atoms with Crippen molar-refractivity contribution in [3.63, 3.8) is 0 Å². The number of hydrogen-bond donors (Lipinski definition) is 0. The summed E-state index contributed by atoms with van der Waals surface area (Å²) < 4.78 is 11.5. The Bertz CT molecular complexity index is 851. The lowest BCUT2D eigenvalue weighted by Crippen LogP contribution is -2.23. The molecule has 3 nitrogen and oxygen atoms in total. The van der Waals surface area contributed by atoms with Gasteiger partial charge in [0.15, 0.2) is 0 Å². The van der Waals surface area contributed by atoms with Gasteiger partial charge in [0.25, 0.3) is 0 Å². The lowest BCUT2D eigenvalue weighted by atomic mass is 9.88. The predicted octanol–water partition coefficient (Wildman–Crippen LogP) is 4.84. The van der Waals surface area contributed by atoms with Gasteiger partial charge in [0.1, 0.15) is 23.2 Å². The molecule has 0 saturated heterocycles. The monoisotopic (exact) mass is 316 g/mol. The van der Waals surface area contributed by atoms with E-state index in [0.29, 0.717) is 17.2 Å². The van der Waals surface area contributed by atoms with E-state index >= 15 is 0 Å². The Morgan fingerprint density at radius 1 is 0.833 bits per heavy atom. The number of esters is 1. The summed E-state index contributed by atoms with van der Waals surface area (Å²) in [6.45, 7) is 2.00. The minimum Gasteiger partial charge on any atom is -0.457 e. The fraction of sp³-hybridized carbons (Fsp3) is 0.0952. The van der Waals surface area contributed by atoms with Gasteiger partial charge < -0.3 is 9.47 Å². The molecule has 0 radical (unpaired) electrons. The molecule has 0 bridgehead atoms. The second kappa shape index (κ2) is 5.85. The Labute approximate surface area is 140 Å². The molecule has 1 heterocycles. The molecule has 3 aromatic carbocycles. The zero-order valence-corrected chi connectivity index (χ0v) is 13.2. The topological polar surface area (TPSA) is 35.5 Å². The average Bonchev–Trinajstić information content (AvgIpc) is 2.61. The number of rotatable bonds is 2. The molecule has 0 unspecified atom stereocenters. The molecule has 0 spiro atoms. The summed E-state index contributed by atoms with van der Waals surface area (Å²) in [5.74, 6) is 1.14. The largest absolute Gasteiger partial charge is 0.457 e. The SMILES string of the molecule is Cc1ccc(OC(=O)C2c3ccccc3Oc3ccccc32)cc1. The maximum atomic E-state index is 12.9. The molecular weight excluding hydrogens is 300 g/mol. The Morgan fingerprint density at radius 3 is 1.96 bits per heavy atom. The summed E-state index contributed by atoms with van der Waals surface area (Å²) in [6.07, 6.45) is 0. The van der Waals surface area contributed by atoms with Crippen LogP contribution < -0.4 is 9.47 Å². The van der Waals surface area contributed by atoms with Crippen LogP contribution in [0.4, 0.5) is 0 Å². The van der Waals surface area contributed by atoms with Crippen LogP contribution in [-0.2, 0) is 4.79 Å². The van der Waals surface area contributed by atoms with Gasteiger partial charge >= 0.3 is 5.97 Å². The van der Waals surface area contributed by atoms with Gasteiger partial charge in [0.05, 0.1) is 0 Å². The highest BCUT2D eigenvalue weighted by Gasteiger charge is 2.33. The van der Waals surface area contributed by atoms with Gasteiger partial charge in [-0.05, 0) is 31.2 Å². The molecule has 0 aromatic heterocycles. The fourth-order valence-electron chi connectivity index (χ4n) is 2.95. The number of carbonyl (C=O) groups excluding carboxylic acids is 1. The zero-order chi connectivity index (χ0) is 16.5. The van der Waals surface area contributed by atoms with E-state index < -0.39 is 5.92 Å². The third kappa shape index (κ3) is 2.54. The third-order valence-electron chi connectivity index (χ3n) is 4.16. The number of hydrogen-bond acceptors (Lipinski definition) is 3. The highest BCUT2D eigenvalue weighted by atomic mass is 16.5. The number of aryl methyl sites for hydroxylation is 1. The molecule has 3 aromatic rings. The van der Waals surface area contributed by atoms with Gasteiger partial charge in [-0.15, -0.1) is 0 Å². The Kier molecular flexibility index (Phi) is 3.54. The van der Waals surface area contributed by atoms with Crippen molar-refractivity contribution in [1.29, 1.82) is 0 Å². The van der Waals surface area contributed by atoms with Gasteiger partial charge in [-0.1, -0.05) is 54.1 Å². The fourth-order valence-corrected chi connectivity index (χ4v) is 2.95. The van der Waals surface area contributed by atoms with Crippen LogP contribution in [0.2, 0.25) is 0 Å². The van der Waals surface area contributed by atoms with E-state index in [9.17, 15) is 4.79 Å². The first-order valence-corrected chi connectivity index (χ1v) is 7.86. The van der Waals surface area contributed by atoms with Crippen LogP contribution in [0.1, 0.15) is 22.6 Å². The van der Waals surface area contributed by atoms with E-state index in [1.54, 1.807) is 0 Å². The maximum Gasteiger partial charge on any atom is 0.323 e. The van der Waals surface area contributed by atoms with E-state index in [1.807, 2.05) is 79.7 Å². The minimum atomic E-state index is -0.493. The number of fused-ring (bicyclic) bond motifs is 2. The Morgan fingerprint density at radius 2 is 1.38 bits per heavy atom. The molecule has 1 aliphatic rings. The van der Waals surface area contributed by atoms with Gasteiger partial charge in [-0.2, -0.15) is 0 Å². The molecule has 118 valence electrons. The van der Waals surface area contributed by atoms with Crippen LogP contribution in [0.25, 0.3) is 0 Å². The predicted molar refractivity (Wildman–Crippen MR) is 91.6 cm³/mol. The van der Waals surface area contributed by atoms with Crippen LogP contribution in [-0.4, -0.2) is 5.97 Å².